The van der Waals surface area contributed by atoms with Crippen LogP contribution < -0.4 is 9.44 Å². The maximum atomic E-state index is 11.6. The fourth-order valence-corrected chi connectivity index (χ4v) is 2.84. The molecule has 0 aliphatic heterocycles. The van der Waals surface area contributed by atoms with E-state index in [-0.39, 0.29) is 17.8 Å². The summed E-state index contributed by atoms with van der Waals surface area (Å²) in [6.07, 6.45) is 0.642. The number of nitrogens with one attached hydrogen (secondary N) is 2. The lowest BCUT2D eigenvalue weighted by molar-refractivity contribution is 0.0698. The van der Waals surface area contributed by atoms with Crippen molar-refractivity contribution in [3.8, 4) is 0 Å². The summed E-state index contributed by atoms with van der Waals surface area (Å²) in [6, 6.07) is 4.40. The third-order valence-corrected chi connectivity index (χ3v) is 3.74. The van der Waals surface area contributed by atoms with Crippen LogP contribution in [0.3, 0.4) is 0 Å². The second kappa shape index (κ2) is 6.17. The van der Waals surface area contributed by atoms with E-state index in [4.69, 9.17) is 5.11 Å². The van der Waals surface area contributed by atoms with Gasteiger partial charge < -0.3 is 5.11 Å². The molecule has 0 spiro atoms. The topological polar surface area (TPSA) is 95.5 Å². The van der Waals surface area contributed by atoms with Gasteiger partial charge in [0.15, 0.2) is 0 Å². The minimum atomic E-state index is -3.77. The highest BCUT2D eigenvalue weighted by molar-refractivity contribution is 9.10. The molecule has 0 aliphatic carbocycles. The lowest BCUT2D eigenvalue weighted by atomic mass is 10.2. The predicted octanol–water partition coefficient (Wildman–Crippen LogP) is 1.80. The van der Waals surface area contributed by atoms with E-state index in [0.29, 0.717) is 10.9 Å². The van der Waals surface area contributed by atoms with Gasteiger partial charge in [0.2, 0.25) is 0 Å². The Bertz CT molecular complexity index is 545. The first-order valence-corrected chi connectivity index (χ1v) is 7.44. The van der Waals surface area contributed by atoms with Gasteiger partial charge in [0.1, 0.15) is 0 Å². The third-order valence-electron chi connectivity index (χ3n) is 2.02. The minimum Gasteiger partial charge on any atom is -0.478 e. The summed E-state index contributed by atoms with van der Waals surface area (Å²) >= 11 is 3.12. The Morgan fingerprint density at radius 3 is 2.67 bits per heavy atom. The maximum absolute atomic E-state index is 11.6. The van der Waals surface area contributed by atoms with Crippen LogP contribution in [0, 0.1) is 0 Å². The number of rotatable bonds is 6. The Labute approximate surface area is 114 Å². The van der Waals surface area contributed by atoms with Gasteiger partial charge in [-0.2, -0.15) is 13.1 Å². The van der Waals surface area contributed by atoms with E-state index in [1.165, 1.54) is 12.1 Å². The normalized spacial score (nSPS) is 11.2. The molecule has 1 aromatic carbocycles. The molecule has 0 amide bonds. The molecular weight excluding hydrogens is 324 g/mol. The molecule has 0 unspecified atom stereocenters. The first kappa shape index (κ1) is 14.9. The zero-order valence-electron chi connectivity index (χ0n) is 9.60. The van der Waals surface area contributed by atoms with Crippen LogP contribution in [0.25, 0.3) is 0 Å². The van der Waals surface area contributed by atoms with E-state index in [2.05, 4.69) is 25.4 Å². The van der Waals surface area contributed by atoms with Crippen LogP contribution in [0.4, 0.5) is 5.69 Å². The van der Waals surface area contributed by atoms with Gasteiger partial charge >= 0.3 is 5.97 Å². The molecule has 100 valence electrons. The smallest absolute Gasteiger partial charge is 0.337 e. The summed E-state index contributed by atoms with van der Waals surface area (Å²) in [5, 5.41) is 8.99. The molecule has 18 heavy (non-hydrogen) atoms. The molecule has 0 aromatic heterocycles. The molecule has 1 rings (SSSR count). The predicted molar refractivity (Wildman–Crippen MR) is 71.9 cm³/mol. The number of anilines is 1. The number of para-hydroxylation sites is 1. The van der Waals surface area contributed by atoms with E-state index in [0.717, 1.165) is 0 Å². The van der Waals surface area contributed by atoms with Crippen LogP contribution in [0.15, 0.2) is 22.7 Å². The molecule has 0 saturated heterocycles. The number of carbonyl (C=O) groups is 1. The number of hydrogen-bond acceptors (Lipinski definition) is 3. The monoisotopic (exact) mass is 336 g/mol. The van der Waals surface area contributed by atoms with Gasteiger partial charge in [-0.25, -0.2) is 4.79 Å². The lowest BCUT2D eigenvalue weighted by Crippen LogP contribution is -2.31. The van der Waals surface area contributed by atoms with Crippen molar-refractivity contribution in [3.05, 3.63) is 28.2 Å². The van der Waals surface area contributed by atoms with Crippen LogP contribution in [-0.2, 0) is 10.2 Å². The number of carboxylic acids is 1. The molecule has 0 bridgehead atoms. The van der Waals surface area contributed by atoms with Crippen molar-refractivity contribution in [3.63, 3.8) is 0 Å². The van der Waals surface area contributed by atoms with Crippen molar-refractivity contribution < 1.29 is 18.3 Å². The van der Waals surface area contributed by atoms with Crippen molar-refractivity contribution in [2.45, 2.75) is 13.3 Å². The highest BCUT2D eigenvalue weighted by Gasteiger charge is 2.17. The summed E-state index contributed by atoms with van der Waals surface area (Å²) in [7, 11) is -3.77. The quantitative estimate of drug-likeness (QED) is 0.738. The van der Waals surface area contributed by atoms with Gasteiger partial charge in [-0.05, 0) is 34.5 Å². The van der Waals surface area contributed by atoms with Gasteiger partial charge in [-0.1, -0.05) is 13.0 Å². The van der Waals surface area contributed by atoms with Gasteiger partial charge in [0, 0.05) is 11.0 Å². The zero-order chi connectivity index (χ0) is 13.8. The summed E-state index contributed by atoms with van der Waals surface area (Å²) < 4.78 is 28.2. The molecule has 3 N–H and O–H groups in total. The number of hydrogen-bond donors (Lipinski definition) is 3. The molecule has 6 nitrogen and oxygen atoms in total. The Kier molecular flexibility index (Phi) is 5.12. The van der Waals surface area contributed by atoms with E-state index < -0.39 is 16.2 Å². The SMILES string of the molecule is CCCNS(=O)(=O)Nc1c(Br)cccc1C(=O)O. The fourth-order valence-electron chi connectivity index (χ4n) is 1.21. The molecule has 0 radical (unpaired) electrons. The van der Waals surface area contributed by atoms with Crippen molar-refractivity contribution in [2.75, 3.05) is 11.3 Å². The maximum Gasteiger partial charge on any atom is 0.337 e. The summed E-state index contributed by atoms with van der Waals surface area (Å²) in [5.74, 6) is -1.20. The van der Waals surface area contributed by atoms with Crippen LogP contribution in [0.1, 0.15) is 23.7 Å². The van der Waals surface area contributed by atoms with Crippen molar-refractivity contribution in [2.24, 2.45) is 0 Å². The van der Waals surface area contributed by atoms with E-state index >= 15 is 0 Å². The van der Waals surface area contributed by atoms with E-state index in [9.17, 15) is 13.2 Å². The highest BCUT2D eigenvalue weighted by atomic mass is 79.9. The molecule has 0 atom stereocenters. The minimum absolute atomic E-state index is 0.00797. The summed E-state index contributed by atoms with van der Waals surface area (Å²) in [6.45, 7) is 2.10. The Balaban J connectivity index is 3.07. The van der Waals surface area contributed by atoms with Gasteiger partial charge in [0.05, 0.1) is 11.3 Å². The van der Waals surface area contributed by atoms with Crippen LogP contribution in [0.5, 0.6) is 0 Å². The number of aromatic carboxylic acids is 1. The Morgan fingerprint density at radius 2 is 2.11 bits per heavy atom. The highest BCUT2D eigenvalue weighted by Crippen LogP contribution is 2.27. The van der Waals surface area contributed by atoms with Crippen LogP contribution >= 0.6 is 15.9 Å². The van der Waals surface area contributed by atoms with Crippen molar-refractivity contribution in [1.29, 1.82) is 0 Å². The Morgan fingerprint density at radius 1 is 1.44 bits per heavy atom. The Hall–Kier alpha value is -1.12. The average molecular weight is 337 g/mol. The second-order valence-electron chi connectivity index (χ2n) is 3.47. The van der Waals surface area contributed by atoms with Crippen LogP contribution in [-0.4, -0.2) is 26.0 Å². The van der Waals surface area contributed by atoms with Crippen molar-refractivity contribution >= 4 is 37.8 Å². The largest absolute Gasteiger partial charge is 0.478 e. The zero-order valence-corrected chi connectivity index (χ0v) is 12.0. The van der Waals surface area contributed by atoms with Gasteiger partial charge in [0.25, 0.3) is 10.2 Å². The number of halogens is 1. The standard InChI is InChI=1S/C10H13BrN2O4S/c1-2-6-12-18(16,17)13-9-7(10(14)15)4-3-5-8(9)11/h3-5,12-13H,2,6H2,1H3,(H,14,15). The average Bonchev–Trinajstić information content (AvgIpc) is 2.28. The van der Waals surface area contributed by atoms with Crippen LogP contribution in [0.2, 0.25) is 0 Å². The van der Waals surface area contributed by atoms with E-state index in [1.807, 2.05) is 6.92 Å². The molecule has 0 fully saturated rings. The number of carboxylic acid groups (broad SMARTS) is 1. The second-order valence-corrected chi connectivity index (χ2v) is 5.82. The van der Waals surface area contributed by atoms with Gasteiger partial charge in [-0.15, -0.1) is 0 Å². The first-order valence-electron chi connectivity index (χ1n) is 5.16. The summed E-state index contributed by atoms with van der Waals surface area (Å²) in [4.78, 5) is 11.0. The molecule has 0 saturated carbocycles. The molecule has 0 aliphatic rings. The first-order chi connectivity index (χ1) is 8.37. The number of benzene rings is 1. The van der Waals surface area contributed by atoms with Gasteiger partial charge in [-0.3, -0.25) is 4.72 Å². The van der Waals surface area contributed by atoms with Crippen molar-refractivity contribution in [1.82, 2.24) is 4.72 Å². The lowest BCUT2D eigenvalue weighted by Gasteiger charge is -2.12. The fraction of sp³-hybridized carbons (Fsp3) is 0.300. The summed E-state index contributed by atoms with van der Waals surface area (Å²) in [5.41, 5.74) is -0.111. The molecule has 0 heterocycles. The molecule has 1 aromatic rings. The molecular formula is C10H13BrN2O4S. The van der Waals surface area contributed by atoms with E-state index in [1.54, 1.807) is 6.07 Å². The third kappa shape index (κ3) is 3.97. The molecule has 8 heteroatoms.